The molecule has 42 heavy (non-hydrogen) atoms. The number of aromatic nitrogens is 1. The molecule has 0 saturated carbocycles. The number of halogens is 1. The molecule has 1 unspecified atom stereocenters. The van der Waals surface area contributed by atoms with Crippen LogP contribution in [-0.2, 0) is 16.4 Å². The maximum atomic E-state index is 12.5. The van der Waals surface area contributed by atoms with E-state index in [0.717, 1.165) is 39.5 Å². The molecule has 0 aliphatic carbocycles. The number of benzene rings is 4. The van der Waals surface area contributed by atoms with Crippen LogP contribution in [0.3, 0.4) is 0 Å². The highest BCUT2D eigenvalue weighted by Crippen LogP contribution is 2.40. The van der Waals surface area contributed by atoms with E-state index in [0.29, 0.717) is 11.4 Å². The summed E-state index contributed by atoms with van der Waals surface area (Å²) in [6.45, 7) is 1.99. The van der Waals surface area contributed by atoms with Gasteiger partial charge in [0.25, 0.3) is 0 Å². The smallest absolute Gasteiger partial charge is 0.339 e. The van der Waals surface area contributed by atoms with Crippen molar-refractivity contribution in [3.05, 3.63) is 136 Å². The van der Waals surface area contributed by atoms with Gasteiger partial charge in [-0.25, -0.2) is 17.9 Å². The lowest BCUT2D eigenvalue weighted by Crippen LogP contribution is -2.29. The van der Waals surface area contributed by atoms with E-state index in [2.05, 4.69) is 33.6 Å². The fourth-order valence-corrected chi connectivity index (χ4v) is 6.48. The number of carboxylic acid groups (broad SMARTS) is 1. The van der Waals surface area contributed by atoms with Gasteiger partial charge in [0.1, 0.15) is 11.3 Å². The standard InChI is InChI=1S/C33H31ClN2O5S/c1-22(35-42(2,39)40)31-26(19-20-41-30-16-10-9-15-27(30)33(37)38)28-21-25(34)17-18-29(28)36(31)32(23-11-5-3-6-12-23)24-13-7-4-8-14-24/h3-18,21-22,32,35H,19-20H2,1-2H3,(H,37,38). The average molecular weight is 603 g/mol. The fraction of sp³-hybridized carbons (Fsp3) is 0.182. The Kier molecular flexibility index (Phi) is 8.68. The molecule has 5 rings (SSSR count). The highest BCUT2D eigenvalue weighted by molar-refractivity contribution is 7.88. The topological polar surface area (TPSA) is 97.6 Å². The molecular weight excluding hydrogens is 572 g/mol. The molecule has 0 aliphatic heterocycles. The van der Waals surface area contributed by atoms with E-state index in [1.165, 1.54) is 6.07 Å². The Morgan fingerprint density at radius 3 is 2.12 bits per heavy atom. The summed E-state index contributed by atoms with van der Waals surface area (Å²) in [6.07, 6.45) is 1.52. The van der Waals surface area contributed by atoms with E-state index in [9.17, 15) is 18.3 Å². The third-order valence-electron chi connectivity index (χ3n) is 7.13. The average Bonchev–Trinajstić information content (AvgIpc) is 3.26. The summed E-state index contributed by atoms with van der Waals surface area (Å²) in [5, 5.41) is 11.0. The minimum atomic E-state index is -3.57. The van der Waals surface area contributed by atoms with Crippen molar-refractivity contribution in [3.8, 4) is 5.75 Å². The first-order valence-corrected chi connectivity index (χ1v) is 15.8. The summed E-state index contributed by atoms with van der Waals surface area (Å²) in [4.78, 5) is 11.7. The predicted octanol–water partition coefficient (Wildman–Crippen LogP) is 6.86. The van der Waals surface area contributed by atoms with Gasteiger partial charge >= 0.3 is 5.97 Å². The van der Waals surface area contributed by atoms with Crippen LogP contribution in [0.25, 0.3) is 10.9 Å². The van der Waals surface area contributed by atoms with Crippen molar-refractivity contribution in [2.45, 2.75) is 25.4 Å². The van der Waals surface area contributed by atoms with Gasteiger partial charge in [-0.15, -0.1) is 0 Å². The Morgan fingerprint density at radius 1 is 0.929 bits per heavy atom. The second kappa shape index (κ2) is 12.4. The minimum Gasteiger partial charge on any atom is -0.492 e. The number of carboxylic acids is 1. The van der Waals surface area contributed by atoms with Crippen LogP contribution in [0.2, 0.25) is 5.02 Å². The Bertz CT molecular complexity index is 1780. The monoisotopic (exact) mass is 602 g/mol. The zero-order chi connectivity index (χ0) is 29.9. The lowest BCUT2D eigenvalue weighted by atomic mass is 9.97. The maximum absolute atomic E-state index is 12.5. The van der Waals surface area contributed by atoms with Crippen LogP contribution in [0.1, 0.15) is 51.7 Å². The third-order valence-corrected chi connectivity index (χ3v) is 8.15. The van der Waals surface area contributed by atoms with Gasteiger partial charge in [-0.2, -0.15) is 0 Å². The first kappa shape index (κ1) is 29.4. The molecule has 0 amide bonds. The number of ether oxygens (including phenoxy) is 1. The molecule has 4 aromatic carbocycles. The van der Waals surface area contributed by atoms with Gasteiger partial charge in [0, 0.05) is 28.0 Å². The summed E-state index contributed by atoms with van der Waals surface area (Å²) in [5.41, 5.74) is 4.65. The van der Waals surface area contributed by atoms with E-state index in [1.807, 2.05) is 61.5 Å². The van der Waals surface area contributed by atoms with Gasteiger partial charge in [0.15, 0.2) is 0 Å². The molecule has 5 aromatic rings. The van der Waals surface area contributed by atoms with Crippen molar-refractivity contribution in [3.63, 3.8) is 0 Å². The van der Waals surface area contributed by atoms with Gasteiger partial charge in [-0.1, -0.05) is 84.4 Å². The molecule has 0 radical (unpaired) electrons. The van der Waals surface area contributed by atoms with Gasteiger partial charge in [-0.05, 0) is 53.9 Å². The third kappa shape index (κ3) is 6.36. The van der Waals surface area contributed by atoms with Crippen LogP contribution >= 0.6 is 11.6 Å². The molecule has 0 aliphatic rings. The number of nitrogens with zero attached hydrogens (tertiary/aromatic N) is 1. The molecular formula is C33H31ClN2O5S. The number of sulfonamides is 1. The van der Waals surface area contributed by atoms with E-state index in [4.69, 9.17) is 16.3 Å². The molecule has 1 atom stereocenters. The number of hydrogen-bond donors (Lipinski definition) is 2. The lowest BCUT2D eigenvalue weighted by Gasteiger charge is -2.27. The quantitative estimate of drug-likeness (QED) is 0.172. The number of nitrogens with one attached hydrogen (secondary N) is 1. The molecule has 0 spiro atoms. The predicted molar refractivity (Wildman–Crippen MR) is 166 cm³/mol. The molecule has 9 heteroatoms. The van der Waals surface area contributed by atoms with E-state index < -0.39 is 22.0 Å². The number of fused-ring (bicyclic) bond motifs is 1. The van der Waals surface area contributed by atoms with Crippen LogP contribution in [0.5, 0.6) is 5.75 Å². The van der Waals surface area contributed by atoms with E-state index in [-0.39, 0.29) is 24.0 Å². The first-order valence-electron chi connectivity index (χ1n) is 13.5. The molecule has 1 aromatic heterocycles. The number of carbonyl (C=O) groups is 1. The van der Waals surface area contributed by atoms with Crippen LogP contribution < -0.4 is 9.46 Å². The Labute approximate surface area is 250 Å². The van der Waals surface area contributed by atoms with Gasteiger partial charge < -0.3 is 14.4 Å². The molecule has 2 N–H and O–H groups in total. The normalized spacial score (nSPS) is 12.5. The number of rotatable bonds is 11. The van der Waals surface area contributed by atoms with Crippen LogP contribution in [0, 0.1) is 0 Å². The van der Waals surface area contributed by atoms with Crippen molar-refractivity contribution in [2.24, 2.45) is 0 Å². The lowest BCUT2D eigenvalue weighted by molar-refractivity contribution is 0.0692. The Morgan fingerprint density at radius 2 is 1.52 bits per heavy atom. The van der Waals surface area contributed by atoms with Gasteiger partial charge in [0.2, 0.25) is 10.0 Å². The number of aromatic carboxylic acids is 1. The van der Waals surface area contributed by atoms with Gasteiger partial charge in [0.05, 0.1) is 24.9 Å². The maximum Gasteiger partial charge on any atom is 0.339 e. The van der Waals surface area contributed by atoms with Crippen molar-refractivity contribution in [1.29, 1.82) is 0 Å². The van der Waals surface area contributed by atoms with Crippen LogP contribution in [-0.4, -0.2) is 36.9 Å². The highest BCUT2D eigenvalue weighted by Gasteiger charge is 2.29. The summed E-state index contributed by atoms with van der Waals surface area (Å²) < 4.78 is 35.9. The molecule has 7 nitrogen and oxygen atoms in total. The molecule has 0 fully saturated rings. The SMILES string of the molecule is CC(NS(C)(=O)=O)c1c(CCOc2ccccc2C(=O)O)c2cc(Cl)ccc2n1C(c1ccccc1)c1ccccc1. The van der Waals surface area contributed by atoms with Crippen molar-refractivity contribution in [2.75, 3.05) is 12.9 Å². The summed E-state index contributed by atoms with van der Waals surface area (Å²) >= 11 is 6.52. The molecule has 216 valence electrons. The molecule has 0 saturated heterocycles. The Hall–Kier alpha value is -4.11. The van der Waals surface area contributed by atoms with Crippen LogP contribution in [0.15, 0.2) is 103 Å². The largest absolute Gasteiger partial charge is 0.492 e. The van der Waals surface area contributed by atoms with Crippen molar-refractivity contribution < 1.29 is 23.1 Å². The van der Waals surface area contributed by atoms with E-state index in [1.54, 1.807) is 18.2 Å². The van der Waals surface area contributed by atoms with Gasteiger partial charge in [-0.3, -0.25) is 0 Å². The second-order valence-corrected chi connectivity index (χ2v) is 12.3. The zero-order valence-electron chi connectivity index (χ0n) is 23.2. The summed E-state index contributed by atoms with van der Waals surface area (Å²) in [7, 11) is -3.57. The Balaban J connectivity index is 1.72. The van der Waals surface area contributed by atoms with Crippen molar-refractivity contribution in [1.82, 2.24) is 9.29 Å². The summed E-state index contributed by atoms with van der Waals surface area (Å²) in [5.74, 6) is -0.809. The second-order valence-electron chi connectivity index (χ2n) is 10.1. The molecule has 0 bridgehead atoms. The number of para-hydroxylation sites is 1. The molecule has 1 heterocycles. The van der Waals surface area contributed by atoms with E-state index >= 15 is 0 Å². The summed E-state index contributed by atoms with van der Waals surface area (Å²) in [6, 6.07) is 31.4. The fourth-order valence-electron chi connectivity index (χ4n) is 5.55. The number of hydrogen-bond acceptors (Lipinski definition) is 4. The van der Waals surface area contributed by atoms with Crippen molar-refractivity contribution >= 4 is 38.5 Å². The first-order chi connectivity index (χ1) is 20.1. The highest BCUT2D eigenvalue weighted by atomic mass is 35.5. The zero-order valence-corrected chi connectivity index (χ0v) is 24.8. The van der Waals surface area contributed by atoms with Crippen LogP contribution in [0.4, 0.5) is 0 Å². The minimum absolute atomic E-state index is 0.0727.